The van der Waals surface area contributed by atoms with E-state index in [9.17, 15) is 20.0 Å². The van der Waals surface area contributed by atoms with Gasteiger partial charge in [0.2, 0.25) is 0 Å². The second kappa shape index (κ2) is 8.05. The summed E-state index contributed by atoms with van der Waals surface area (Å²) < 4.78 is 5.35. The summed E-state index contributed by atoms with van der Waals surface area (Å²) in [5.74, 6) is -0.841. The molecule has 142 valence electrons. The van der Waals surface area contributed by atoms with Gasteiger partial charge < -0.3 is 19.6 Å². The highest BCUT2D eigenvalue weighted by Crippen LogP contribution is 2.27. The summed E-state index contributed by atoms with van der Waals surface area (Å²) in [6.07, 6.45) is 0. The van der Waals surface area contributed by atoms with E-state index in [-0.39, 0.29) is 11.5 Å². The number of nitro groups is 1. The fourth-order valence-electron chi connectivity index (χ4n) is 3.01. The molecule has 1 N–H and O–H groups in total. The molecule has 0 saturated carbocycles. The molecule has 0 bridgehead atoms. The molecule has 8 heteroatoms. The Balaban J connectivity index is 1.65. The Morgan fingerprint density at radius 3 is 2.48 bits per heavy atom. The maximum absolute atomic E-state index is 12.5. The zero-order valence-electron chi connectivity index (χ0n) is 15.0. The highest BCUT2D eigenvalue weighted by molar-refractivity contribution is 5.94. The molecule has 1 saturated heterocycles. The summed E-state index contributed by atoms with van der Waals surface area (Å²) in [4.78, 5) is 26.3. The number of hydrogen-bond donors (Lipinski definition) is 1. The van der Waals surface area contributed by atoms with Crippen molar-refractivity contribution in [2.24, 2.45) is 0 Å². The van der Waals surface area contributed by atoms with Crippen LogP contribution in [0, 0.1) is 10.1 Å². The zero-order valence-corrected chi connectivity index (χ0v) is 15.0. The Labute approximate surface area is 156 Å². The summed E-state index contributed by atoms with van der Waals surface area (Å²) in [7, 11) is 1.65. The minimum absolute atomic E-state index is 0.200. The number of hydrogen-bond acceptors (Lipinski definition) is 6. The largest absolute Gasteiger partial charge is 0.502 e. The molecule has 0 spiro atoms. The van der Waals surface area contributed by atoms with Crippen molar-refractivity contribution < 1.29 is 19.6 Å². The van der Waals surface area contributed by atoms with Crippen molar-refractivity contribution in [2.45, 2.75) is 6.54 Å². The summed E-state index contributed by atoms with van der Waals surface area (Å²) in [5.41, 5.74) is 1.86. The molecule has 1 aliphatic heterocycles. The first kappa shape index (κ1) is 18.7. The van der Waals surface area contributed by atoms with E-state index < -0.39 is 16.4 Å². The molecule has 1 fully saturated rings. The average molecular weight is 371 g/mol. The number of rotatable bonds is 5. The van der Waals surface area contributed by atoms with Crippen LogP contribution in [0.15, 0.2) is 42.5 Å². The van der Waals surface area contributed by atoms with Crippen LogP contribution in [0.3, 0.4) is 0 Å². The van der Waals surface area contributed by atoms with Crippen LogP contribution >= 0.6 is 0 Å². The van der Waals surface area contributed by atoms with Crippen LogP contribution in [0.25, 0.3) is 0 Å². The van der Waals surface area contributed by atoms with E-state index in [0.717, 1.165) is 49.7 Å². The van der Waals surface area contributed by atoms with E-state index in [4.69, 9.17) is 4.74 Å². The summed E-state index contributed by atoms with van der Waals surface area (Å²) in [6.45, 7) is 3.56. The van der Waals surface area contributed by atoms with Crippen LogP contribution in [-0.4, -0.2) is 54.2 Å². The number of phenolic OH excluding ortho intramolecular Hbond substituents is 1. The Kier molecular flexibility index (Phi) is 5.56. The van der Waals surface area contributed by atoms with E-state index in [2.05, 4.69) is 4.90 Å². The molecule has 27 heavy (non-hydrogen) atoms. The fourth-order valence-corrected chi connectivity index (χ4v) is 3.01. The van der Waals surface area contributed by atoms with Gasteiger partial charge in [0.25, 0.3) is 5.91 Å². The van der Waals surface area contributed by atoms with Crippen molar-refractivity contribution in [3.63, 3.8) is 0 Å². The average Bonchev–Trinajstić information content (AvgIpc) is 2.68. The third-order valence-corrected chi connectivity index (χ3v) is 4.50. The van der Waals surface area contributed by atoms with Gasteiger partial charge in [-0.3, -0.25) is 14.9 Å². The van der Waals surface area contributed by atoms with E-state index in [0.29, 0.717) is 6.54 Å². The van der Waals surface area contributed by atoms with Crippen molar-refractivity contribution in [2.75, 3.05) is 38.3 Å². The number of phenols is 1. The van der Waals surface area contributed by atoms with Crippen molar-refractivity contribution in [3.05, 3.63) is 63.7 Å². The topological polar surface area (TPSA) is 96.2 Å². The van der Waals surface area contributed by atoms with Crippen LogP contribution in [-0.2, 0) is 11.3 Å². The lowest BCUT2D eigenvalue weighted by Gasteiger charge is -2.29. The SMILES string of the molecule is CN(Cc1ccc(N2CCOCC2)cc1)C(=O)c1ccc([N+](=O)[O-])c(O)c1. The molecule has 8 nitrogen and oxygen atoms in total. The van der Waals surface area contributed by atoms with Crippen LogP contribution in [0.2, 0.25) is 0 Å². The highest BCUT2D eigenvalue weighted by atomic mass is 16.6. The van der Waals surface area contributed by atoms with Gasteiger partial charge in [-0.15, -0.1) is 0 Å². The number of carbonyl (C=O) groups excluding carboxylic acids is 1. The number of aromatic hydroxyl groups is 1. The number of benzene rings is 2. The molecule has 0 aliphatic carbocycles. The lowest BCUT2D eigenvalue weighted by molar-refractivity contribution is -0.385. The quantitative estimate of drug-likeness (QED) is 0.640. The number of carbonyl (C=O) groups is 1. The maximum Gasteiger partial charge on any atom is 0.310 e. The molecular weight excluding hydrogens is 350 g/mol. The number of amides is 1. The number of nitrogens with zero attached hydrogens (tertiary/aromatic N) is 3. The molecule has 1 heterocycles. The molecule has 2 aromatic carbocycles. The minimum atomic E-state index is -0.691. The molecule has 0 unspecified atom stereocenters. The Hall–Kier alpha value is -3.13. The monoisotopic (exact) mass is 371 g/mol. The summed E-state index contributed by atoms with van der Waals surface area (Å²) in [5, 5.41) is 20.5. The Morgan fingerprint density at radius 1 is 1.22 bits per heavy atom. The van der Waals surface area contributed by atoms with Gasteiger partial charge in [0.15, 0.2) is 5.75 Å². The number of ether oxygens (including phenoxy) is 1. The lowest BCUT2D eigenvalue weighted by Crippen LogP contribution is -2.36. The fraction of sp³-hybridized carbons (Fsp3) is 0.316. The van der Waals surface area contributed by atoms with Crippen molar-refractivity contribution in [3.8, 4) is 5.75 Å². The van der Waals surface area contributed by atoms with Crippen molar-refractivity contribution >= 4 is 17.3 Å². The smallest absolute Gasteiger partial charge is 0.310 e. The van der Waals surface area contributed by atoms with E-state index in [1.54, 1.807) is 7.05 Å². The number of anilines is 1. The van der Waals surface area contributed by atoms with Gasteiger partial charge in [-0.25, -0.2) is 0 Å². The van der Waals surface area contributed by atoms with Gasteiger partial charge >= 0.3 is 5.69 Å². The van der Waals surface area contributed by atoms with Crippen molar-refractivity contribution in [1.82, 2.24) is 4.90 Å². The van der Waals surface area contributed by atoms with Gasteiger partial charge in [-0.1, -0.05) is 12.1 Å². The molecule has 0 radical (unpaired) electrons. The van der Waals surface area contributed by atoms with E-state index in [1.165, 1.54) is 11.0 Å². The van der Waals surface area contributed by atoms with E-state index in [1.807, 2.05) is 24.3 Å². The van der Waals surface area contributed by atoms with Gasteiger partial charge in [0.05, 0.1) is 18.1 Å². The molecule has 0 atom stereocenters. The van der Waals surface area contributed by atoms with Gasteiger partial charge in [0, 0.05) is 44.0 Å². The number of nitro benzene ring substituents is 1. The van der Waals surface area contributed by atoms with Gasteiger partial charge in [0.1, 0.15) is 0 Å². The standard InChI is InChI=1S/C19H21N3O5/c1-20(19(24)15-4-7-17(22(25)26)18(23)12-15)13-14-2-5-16(6-3-14)21-8-10-27-11-9-21/h2-7,12,23H,8-11,13H2,1H3. The minimum Gasteiger partial charge on any atom is -0.502 e. The zero-order chi connectivity index (χ0) is 19.4. The van der Waals surface area contributed by atoms with Gasteiger partial charge in [-0.05, 0) is 29.8 Å². The van der Waals surface area contributed by atoms with Crippen molar-refractivity contribution in [1.29, 1.82) is 0 Å². The second-order valence-electron chi connectivity index (χ2n) is 6.39. The van der Waals surface area contributed by atoms with Crippen LogP contribution in [0.5, 0.6) is 5.75 Å². The first-order valence-electron chi connectivity index (χ1n) is 8.60. The second-order valence-corrected chi connectivity index (χ2v) is 6.39. The number of morpholine rings is 1. The lowest BCUT2D eigenvalue weighted by atomic mass is 10.1. The third-order valence-electron chi connectivity index (χ3n) is 4.50. The molecule has 1 amide bonds. The Bertz CT molecular complexity index is 832. The first-order chi connectivity index (χ1) is 13.0. The molecular formula is C19H21N3O5. The molecule has 2 aromatic rings. The normalized spacial score (nSPS) is 14.0. The third kappa shape index (κ3) is 4.35. The molecule has 3 rings (SSSR count). The predicted octanol–water partition coefficient (Wildman–Crippen LogP) is 2.41. The van der Waals surface area contributed by atoms with Crippen LogP contribution in [0.4, 0.5) is 11.4 Å². The summed E-state index contributed by atoms with van der Waals surface area (Å²) in [6, 6.07) is 11.6. The first-order valence-corrected chi connectivity index (χ1v) is 8.60. The molecule has 0 aromatic heterocycles. The Morgan fingerprint density at radius 2 is 1.89 bits per heavy atom. The van der Waals surface area contributed by atoms with Gasteiger partial charge in [-0.2, -0.15) is 0 Å². The van der Waals surface area contributed by atoms with E-state index >= 15 is 0 Å². The van der Waals surface area contributed by atoms with Crippen LogP contribution in [0.1, 0.15) is 15.9 Å². The summed E-state index contributed by atoms with van der Waals surface area (Å²) >= 11 is 0. The highest BCUT2D eigenvalue weighted by Gasteiger charge is 2.18. The molecule has 1 aliphatic rings. The predicted molar refractivity (Wildman–Crippen MR) is 100 cm³/mol. The van der Waals surface area contributed by atoms with Crippen LogP contribution < -0.4 is 4.90 Å². The maximum atomic E-state index is 12.5.